The predicted octanol–water partition coefficient (Wildman–Crippen LogP) is 3.44. The second kappa shape index (κ2) is 4.29. The number of ether oxygens (including phenoxy) is 2. The molecule has 5 fully saturated rings. The average molecular weight is 356 g/mol. The summed E-state index contributed by atoms with van der Waals surface area (Å²) in [5.74, 6) is 2.67. The maximum absolute atomic E-state index is 12.1. The Morgan fingerprint density at radius 3 is 2.85 bits per heavy atom. The zero-order valence-electron chi connectivity index (χ0n) is 15.9. The monoisotopic (exact) mass is 356 g/mol. The Kier molecular flexibility index (Phi) is 2.62. The molecule has 0 bridgehead atoms. The topological polar surface area (TPSA) is 55.9 Å². The van der Waals surface area contributed by atoms with Gasteiger partial charge in [0.1, 0.15) is 11.2 Å². The smallest absolute Gasteiger partial charge is 0.293 e. The minimum Gasteiger partial charge on any atom is -0.461 e. The summed E-state index contributed by atoms with van der Waals surface area (Å²) in [4.78, 5) is 23.3. The minimum absolute atomic E-state index is 0.00154. The molecule has 0 aromatic carbocycles. The molecule has 6 rings (SSSR count). The van der Waals surface area contributed by atoms with Crippen LogP contribution in [0, 0.1) is 34.5 Å². The summed E-state index contributed by atoms with van der Waals surface area (Å²) in [6.07, 6.45) is 8.13. The van der Waals surface area contributed by atoms with Crippen LogP contribution >= 0.6 is 0 Å². The maximum atomic E-state index is 12.1. The van der Waals surface area contributed by atoms with Crippen LogP contribution in [0.25, 0.3) is 0 Å². The molecule has 4 nitrogen and oxygen atoms in total. The fourth-order valence-corrected chi connectivity index (χ4v) is 8.34. The fourth-order valence-electron chi connectivity index (χ4n) is 8.34. The molecule has 1 saturated heterocycles. The van der Waals surface area contributed by atoms with E-state index in [1.165, 1.54) is 12.0 Å². The zero-order valence-corrected chi connectivity index (χ0v) is 15.9. The molecule has 6 aliphatic rings. The van der Waals surface area contributed by atoms with Gasteiger partial charge in [0.05, 0.1) is 6.10 Å². The second-order valence-electron chi connectivity index (χ2n) is 10.5. The van der Waals surface area contributed by atoms with Gasteiger partial charge in [-0.3, -0.25) is 9.59 Å². The van der Waals surface area contributed by atoms with Crippen molar-refractivity contribution < 1.29 is 19.1 Å². The van der Waals surface area contributed by atoms with E-state index in [0.717, 1.165) is 25.7 Å². The first kappa shape index (κ1) is 15.9. The van der Waals surface area contributed by atoms with Gasteiger partial charge in [-0.15, -0.1) is 0 Å². The van der Waals surface area contributed by atoms with E-state index in [4.69, 9.17) is 9.47 Å². The first-order valence-electron chi connectivity index (χ1n) is 10.3. The molecule has 0 amide bonds. The lowest BCUT2D eigenvalue weighted by Gasteiger charge is -2.56. The van der Waals surface area contributed by atoms with Gasteiger partial charge in [-0.25, -0.2) is 0 Å². The SMILES string of the molecule is C[C@]12CCC(=O)C=C1[C@@H]1C[C@@H]1[C@H]1[C@@H]3CC[C@](C)(OC=O)[C@@]3(C)C[C@H]3O[C@@]132. The number of fused-ring (bicyclic) bond motifs is 6. The van der Waals surface area contributed by atoms with Crippen LogP contribution in [-0.2, 0) is 19.1 Å². The number of hydrogen-bond donors (Lipinski definition) is 0. The Labute approximate surface area is 154 Å². The molecular formula is C22H28O4. The van der Waals surface area contributed by atoms with Crippen LogP contribution in [0.5, 0.6) is 0 Å². The Balaban J connectivity index is 1.47. The lowest BCUT2D eigenvalue weighted by atomic mass is 9.46. The summed E-state index contributed by atoms with van der Waals surface area (Å²) in [5.41, 5.74) is 0.999. The number of carbonyl (C=O) groups excluding carboxylic acids is 2. The molecule has 5 aliphatic carbocycles. The molecule has 1 heterocycles. The highest BCUT2D eigenvalue weighted by atomic mass is 16.6. The van der Waals surface area contributed by atoms with E-state index in [-0.39, 0.29) is 28.1 Å². The van der Waals surface area contributed by atoms with Crippen molar-refractivity contribution in [3.8, 4) is 0 Å². The lowest BCUT2D eigenvalue weighted by Crippen LogP contribution is -2.60. The Morgan fingerprint density at radius 1 is 1.27 bits per heavy atom. The van der Waals surface area contributed by atoms with Crippen LogP contribution in [-0.4, -0.2) is 29.6 Å². The van der Waals surface area contributed by atoms with Crippen molar-refractivity contribution in [1.29, 1.82) is 0 Å². The van der Waals surface area contributed by atoms with Crippen LogP contribution in [0.15, 0.2) is 11.6 Å². The summed E-state index contributed by atoms with van der Waals surface area (Å²) in [6.45, 7) is 7.51. The molecule has 1 spiro atoms. The molecule has 0 aromatic heterocycles. The molecule has 0 radical (unpaired) electrons. The zero-order chi connectivity index (χ0) is 18.1. The van der Waals surface area contributed by atoms with Gasteiger partial charge in [-0.2, -0.15) is 0 Å². The molecule has 9 atom stereocenters. The van der Waals surface area contributed by atoms with Crippen molar-refractivity contribution in [3.63, 3.8) is 0 Å². The first-order valence-corrected chi connectivity index (χ1v) is 10.3. The van der Waals surface area contributed by atoms with Crippen molar-refractivity contribution in [2.45, 2.75) is 76.6 Å². The van der Waals surface area contributed by atoms with Crippen molar-refractivity contribution in [1.82, 2.24) is 0 Å². The summed E-state index contributed by atoms with van der Waals surface area (Å²) in [6, 6.07) is 0. The molecular weight excluding hydrogens is 328 g/mol. The van der Waals surface area contributed by atoms with Crippen molar-refractivity contribution in [2.75, 3.05) is 0 Å². The van der Waals surface area contributed by atoms with E-state index in [1.54, 1.807) is 0 Å². The number of epoxide rings is 1. The van der Waals surface area contributed by atoms with Gasteiger partial charge in [0.25, 0.3) is 6.47 Å². The van der Waals surface area contributed by atoms with Gasteiger partial charge >= 0.3 is 0 Å². The van der Waals surface area contributed by atoms with E-state index in [1.807, 2.05) is 6.08 Å². The van der Waals surface area contributed by atoms with Crippen molar-refractivity contribution >= 4 is 12.3 Å². The quantitative estimate of drug-likeness (QED) is 0.562. The second-order valence-corrected chi connectivity index (χ2v) is 10.5. The largest absolute Gasteiger partial charge is 0.461 e. The molecule has 4 saturated carbocycles. The molecule has 0 unspecified atom stereocenters. The lowest BCUT2D eigenvalue weighted by molar-refractivity contribution is -0.162. The highest BCUT2D eigenvalue weighted by Gasteiger charge is 2.85. The summed E-state index contributed by atoms with van der Waals surface area (Å²) < 4.78 is 12.4. The van der Waals surface area contributed by atoms with Crippen molar-refractivity contribution in [2.24, 2.45) is 34.5 Å². The van der Waals surface area contributed by atoms with E-state index in [9.17, 15) is 9.59 Å². The predicted molar refractivity (Wildman–Crippen MR) is 94.1 cm³/mol. The Hall–Kier alpha value is -1.16. The van der Waals surface area contributed by atoms with Crippen LogP contribution in [0.3, 0.4) is 0 Å². The van der Waals surface area contributed by atoms with Gasteiger partial charge in [0.2, 0.25) is 0 Å². The average Bonchev–Trinajstić information content (AvgIpc) is 3.47. The number of rotatable bonds is 2. The standard InChI is InChI=1S/C22H28O4/c1-19-6-4-12(24)8-16(19)13-9-14(13)18-15-5-7-21(3,25-11-23)20(15,2)10-17-22(18,19)26-17/h8,11,13-15,17-18H,4-7,9-10H2,1-3H3/t13-,14+,15+,17-,18+,19+,20+,21+,22-/m1/s1. The van der Waals surface area contributed by atoms with Gasteiger partial charge in [-0.1, -0.05) is 19.4 Å². The van der Waals surface area contributed by atoms with E-state index in [2.05, 4.69) is 20.8 Å². The van der Waals surface area contributed by atoms with Crippen LogP contribution in [0.1, 0.15) is 59.3 Å². The first-order chi connectivity index (χ1) is 12.3. The van der Waals surface area contributed by atoms with E-state index >= 15 is 0 Å². The number of carbonyl (C=O) groups is 2. The van der Waals surface area contributed by atoms with Gasteiger partial charge in [0.15, 0.2) is 5.78 Å². The molecule has 1 aliphatic heterocycles. The van der Waals surface area contributed by atoms with Crippen LogP contribution < -0.4 is 0 Å². The Morgan fingerprint density at radius 2 is 2.08 bits per heavy atom. The third kappa shape index (κ3) is 1.44. The highest BCUT2D eigenvalue weighted by Crippen LogP contribution is 2.82. The number of hydrogen-bond acceptors (Lipinski definition) is 4. The van der Waals surface area contributed by atoms with E-state index < -0.39 is 0 Å². The fraction of sp³-hybridized carbons (Fsp3) is 0.818. The summed E-state index contributed by atoms with van der Waals surface area (Å²) in [5, 5.41) is 0. The molecule has 0 aromatic rings. The van der Waals surface area contributed by atoms with Gasteiger partial charge in [-0.05, 0) is 68.8 Å². The molecule has 0 N–H and O–H groups in total. The Bertz CT molecular complexity index is 772. The van der Waals surface area contributed by atoms with Crippen LogP contribution in [0.4, 0.5) is 0 Å². The normalized spacial score (nSPS) is 61.3. The minimum atomic E-state index is -0.374. The number of ketones is 1. The molecule has 140 valence electrons. The van der Waals surface area contributed by atoms with Crippen LogP contribution in [0.2, 0.25) is 0 Å². The van der Waals surface area contributed by atoms with E-state index in [0.29, 0.717) is 42.3 Å². The van der Waals surface area contributed by atoms with Crippen molar-refractivity contribution in [3.05, 3.63) is 11.6 Å². The third-order valence-electron chi connectivity index (χ3n) is 9.95. The third-order valence-corrected chi connectivity index (χ3v) is 9.95. The summed E-state index contributed by atoms with van der Waals surface area (Å²) >= 11 is 0. The molecule has 26 heavy (non-hydrogen) atoms. The van der Waals surface area contributed by atoms with Gasteiger partial charge < -0.3 is 9.47 Å². The van der Waals surface area contributed by atoms with Gasteiger partial charge in [0, 0.05) is 17.3 Å². The molecule has 4 heteroatoms. The summed E-state index contributed by atoms with van der Waals surface area (Å²) in [7, 11) is 0. The highest BCUT2D eigenvalue weighted by molar-refractivity contribution is 5.92. The maximum Gasteiger partial charge on any atom is 0.293 e.